The topological polar surface area (TPSA) is 87.0 Å². The van der Waals surface area contributed by atoms with E-state index in [1.165, 1.54) is 0 Å². The Balaban J connectivity index is 2.61. The Morgan fingerprint density at radius 1 is 1.25 bits per heavy atom. The molecular weight excluding hydrogens is 276 g/mol. The van der Waals surface area contributed by atoms with Crippen LogP contribution in [0.1, 0.15) is 24.0 Å². The summed E-state index contributed by atoms with van der Waals surface area (Å²) in [6, 6.07) is 7.42. The maximum atomic E-state index is 11.7. The third kappa shape index (κ3) is 5.85. The third-order valence-electron chi connectivity index (χ3n) is 2.60. The average molecular weight is 294 g/mol. The van der Waals surface area contributed by atoms with Gasteiger partial charge in [0.15, 0.2) is 9.84 Å². The molecule has 0 saturated carbocycles. The van der Waals surface area contributed by atoms with Crippen LogP contribution < -0.4 is 5.32 Å². The van der Waals surface area contributed by atoms with Gasteiger partial charge < -0.3 is 5.32 Å². The largest absolute Gasteiger partial charge is 0.325 e. The summed E-state index contributed by atoms with van der Waals surface area (Å²) in [5.74, 6) is -1.24. The summed E-state index contributed by atoms with van der Waals surface area (Å²) in [4.78, 5) is 11.7. The van der Waals surface area contributed by atoms with Crippen LogP contribution in [0.2, 0.25) is 0 Å². The molecule has 1 rings (SSSR count). The summed E-state index contributed by atoms with van der Waals surface area (Å²) >= 11 is 0. The number of sulfone groups is 1. The molecule has 0 saturated heterocycles. The fourth-order valence-electron chi connectivity index (χ4n) is 1.89. The number of benzene rings is 1. The van der Waals surface area contributed by atoms with Crippen molar-refractivity contribution in [1.29, 1.82) is 5.26 Å². The van der Waals surface area contributed by atoms with Gasteiger partial charge in [-0.3, -0.25) is 4.79 Å². The van der Waals surface area contributed by atoms with Gasteiger partial charge in [0.25, 0.3) is 0 Å². The van der Waals surface area contributed by atoms with E-state index in [1.807, 2.05) is 26.0 Å². The molecule has 1 aromatic carbocycles. The average Bonchev–Trinajstić information content (AvgIpc) is 2.26. The van der Waals surface area contributed by atoms with Crippen LogP contribution in [0.4, 0.5) is 5.69 Å². The fourth-order valence-corrected chi connectivity index (χ4v) is 3.09. The highest BCUT2D eigenvalue weighted by Gasteiger charge is 2.16. The molecule has 0 aliphatic carbocycles. The minimum Gasteiger partial charge on any atom is -0.325 e. The predicted octanol–water partition coefficient (Wildman–Crippen LogP) is 1.96. The molecule has 0 spiro atoms. The van der Waals surface area contributed by atoms with Crippen molar-refractivity contribution >= 4 is 21.4 Å². The molecule has 0 bridgehead atoms. The second kappa shape index (κ2) is 7.06. The Bertz CT molecular complexity index is 610. The van der Waals surface area contributed by atoms with E-state index in [9.17, 15) is 13.2 Å². The quantitative estimate of drug-likeness (QED) is 0.812. The molecular formula is C14H18N2O3S. The predicted molar refractivity (Wildman–Crippen MR) is 78.0 cm³/mol. The molecule has 0 radical (unpaired) electrons. The first-order valence-electron chi connectivity index (χ1n) is 6.28. The molecule has 5 nitrogen and oxygen atoms in total. The van der Waals surface area contributed by atoms with E-state index in [1.54, 1.807) is 12.1 Å². The maximum Gasteiger partial charge on any atom is 0.239 e. The van der Waals surface area contributed by atoms with Gasteiger partial charge >= 0.3 is 0 Å². The van der Waals surface area contributed by atoms with Gasteiger partial charge in [-0.1, -0.05) is 6.07 Å². The number of aryl methyl sites for hydroxylation is 2. The Labute approximate surface area is 119 Å². The zero-order valence-corrected chi connectivity index (χ0v) is 12.5. The lowest BCUT2D eigenvalue weighted by atomic mass is 10.1. The molecule has 0 heterocycles. The summed E-state index contributed by atoms with van der Waals surface area (Å²) in [6.45, 7) is 3.81. The number of nitrogens with zero attached hydrogens (tertiary/aromatic N) is 1. The zero-order chi connectivity index (χ0) is 15.2. The molecule has 0 aliphatic heterocycles. The lowest BCUT2D eigenvalue weighted by Crippen LogP contribution is -2.24. The Kier molecular flexibility index (Phi) is 5.71. The summed E-state index contributed by atoms with van der Waals surface area (Å²) in [5.41, 5.74) is 2.59. The lowest BCUT2D eigenvalue weighted by Gasteiger charge is -2.08. The van der Waals surface area contributed by atoms with Crippen LogP contribution in [-0.2, 0) is 14.6 Å². The van der Waals surface area contributed by atoms with E-state index in [2.05, 4.69) is 5.32 Å². The molecule has 0 fully saturated rings. The highest BCUT2D eigenvalue weighted by molar-refractivity contribution is 7.92. The fraction of sp³-hybridized carbons (Fsp3) is 0.429. The van der Waals surface area contributed by atoms with Crippen LogP contribution in [-0.4, -0.2) is 25.8 Å². The Hall–Kier alpha value is -1.87. The standard InChI is InChI=1S/C14H18N2O3S/c1-11-7-12(2)9-13(8-11)16-14(17)10-20(18,19)6-4-3-5-15/h7-9H,3-4,6,10H2,1-2H3,(H,16,17). The molecule has 1 N–H and O–H groups in total. The Morgan fingerprint density at radius 2 is 1.85 bits per heavy atom. The van der Waals surface area contributed by atoms with Crippen LogP contribution in [0.3, 0.4) is 0 Å². The maximum absolute atomic E-state index is 11.7. The number of anilines is 1. The van der Waals surface area contributed by atoms with Crippen molar-refractivity contribution in [3.8, 4) is 6.07 Å². The van der Waals surface area contributed by atoms with Gasteiger partial charge in [0.1, 0.15) is 5.75 Å². The number of unbranched alkanes of at least 4 members (excludes halogenated alkanes) is 1. The molecule has 0 atom stereocenters. The number of hydrogen-bond acceptors (Lipinski definition) is 4. The first kappa shape index (κ1) is 16.2. The summed E-state index contributed by atoms with van der Waals surface area (Å²) in [5, 5.41) is 11.0. The number of amides is 1. The van der Waals surface area contributed by atoms with Gasteiger partial charge in [-0.25, -0.2) is 8.42 Å². The van der Waals surface area contributed by atoms with Crippen LogP contribution >= 0.6 is 0 Å². The number of nitrogens with one attached hydrogen (secondary N) is 1. The number of carbonyl (C=O) groups is 1. The van der Waals surface area contributed by atoms with Crippen LogP contribution in [0.25, 0.3) is 0 Å². The van der Waals surface area contributed by atoms with Crippen molar-refractivity contribution in [2.75, 3.05) is 16.8 Å². The normalized spacial score (nSPS) is 10.8. The number of carbonyl (C=O) groups excluding carboxylic acids is 1. The van der Waals surface area contributed by atoms with Crippen molar-refractivity contribution in [2.45, 2.75) is 26.7 Å². The van der Waals surface area contributed by atoms with E-state index in [0.717, 1.165) is 11.1 Å². The number of rotatable bonds is 6. The monoisotopic (exact) mass is 294 g/mol. The molecule has 1 amide bonds. The molecule has 108 valence electrons. The van der Waals surface area contributed by atoms with Crippen LogP contribution in [0.5, 0.6) is 0 Å². The van der Waals surface area contributed by atoms with Gasteiger partial charge in [0.2, 0.25) is 5.91 Å². The van der Waals surface area contributed by atoms with Crippen molar-refractivity contribution in [1.82, 2.24) is 0 Å². The molecule has 0 aromatic heterocycles. The van der Waals surface area contributed by atoms with E-state index < -0.39 is 21.5 Å². The summed E-state index contributed by atoms with van der Waals surface area (Å²) in [7, 11) is -3.46. The molecule has 0 unspecified atom stereocenters. The van der Waals surface area contributed by atoms with Gasteiger partial charge in [-0.2, -0.15) is 5.26 Å². The number of nitriles is 1. The van der Waals surface area contributed by atoms with Crippen molar-refractivity contribution < 1.29 is 13.2 Å². The molecule has 1 aromatic rings. The molecule has 6 heteroatoms. The second-order valence-corrected chi connectivity index (χ2v) is 6.96. The highest BCUT2D eigenvalue weighted by atomic mass is 32.2. The van der Waals surface area contributed by atoms with Gasteiger partial charge in [0.05, 0.1) is 11.8 Å². The van der Waals surface area contributed by atoms with Crippen molar-refractivity contribution in [3.05, 3.63) is 29.3 Å². The van der Waals surface area contributed by atoms with E-state index >= 15 is 0 Å². The van der Waals surface area contributed by atoms with E-state index in [-0.39, 0.29) is 18.6 Å². The molecule has 0 aliphatic rings. The van der Waals surface area contributed by atoms with Gasteiger partial charge in [0, 0.05) is 12.1 Å². The van der Waals surface area contributed by atoms with E-state index in [0.29, 0.717) is 5.69 Å². The first-order chi connectivity index (χ1) is 9.32. The van der Waals surface area contributed by atoms with Gasteiger partial charge in [-0.05, 0) is 43.5 Å². The summed E-state index contributed by atoms with van der Waals surface area (Å²) in [6.07, 6.45) is 0.438. The minimum absolute atomic E-state index is 0.138. The zero-order valence-electron chi connectivity index (χ0n) is 11.6. The number of hydrogen-bond donors (Lipinski definition) is 1. The Morgan fingerprint density at radius 3 is 2.40 bits per heavy atom. The van der Waals surface area contributed by atoms with Crippen molar-refractivity contribution in [3.63, 3.8) is 0 Å². The first-order valence-corrected chi connectivity index (χ1v) is 8.10. The molecule has 20 heavy (non-hydrogen) atoms. The van der Waals surface area contributed by atoms with Crippen LogP contribution in [0, 0.1) is 25.2 Å². The van der Waals surface area contributed by atoms with E-state index in [4.69, 9.17) is 5.26 Å². The third-order valence-corrected chi connectivity index (χ3v) is 4.21. The minimum atomic E-state index is -3.46. The van der Waals surface area contributed by atoms with Gasteiger partial charge in [-0.15, -0.1) is 0 Å². The highest BCUT2D eigenvalue weighted by Crippen LogP contribution is 2.13. The van der Waals surface area contributed by atoms with Crippen molar-refractivity contribution in [2.24, 2.45) is 0 Å². The second-order valence-electron chi connectivity index (χ2n) is 4.78. The van der Waals surface area contributed by atoms with Crippen LogP contribution in [0.15, 0.2) is 18.2 Å². The summed E-state index contributed by atoms with van der Waals surface area (Å²) < 4.78 is 23.3. The smallest absolute Gasteiger partial charge is 0.239 e. The lowest BCUT2D eigenvalue weighted by molar-refractivity contribution is -0.113. The SMILES string of the molecule is Cc1cc(C)cc(NC(=O)CS(=O)(=O)CCCC#N)c1.